The summed E-state index contributed by atoms with van der Waals surface area (Å²) in [5.74, 6) is -0.685. The Hall–Kier alpha value is -2.05. The van der Waals surface area contributed by atoms with Gasteiger partial charge in [-0.05, 0) is 12.8 Å². The topological polar surface area (TPSA) is 96.2 Å². The van der Waals surface area contributed by atoms with E-state index in [1.165, 1.54) is 38.5 Å². The number of carbonyl (C=O) groups is 2. The summed E-state index contributed by atoms with van der Waals surface area (Å²) in [4.78, 5) is 22.1. The van der Waals surface area contributed by atoms with Crippen LogP contribution in [0.5, 0.6) is 0 Å². The van der Waals surface area contributed by atoms with Gasteiger partial charge in [-0.2, -0.15) is 5.10 Å². The van der Waals surface area contributed by atoms with Crippen LogP contribution in [-0.2, 0) is 18.4 Å². The van der Waals surface area contributed by atoms with Crippen LogP contribution in [0.25, 0.3) is 0 Å². The molecule has 27 heavy (non-hydrogen) atoms. The van der Waals surface area contributed by atoms with Gasteiger partial charge in [-0.1, -0.05) is 57.8 Å². The number of amides is 2. The van der Waals surface area contributed by atoms with E-state index in [0.29, 0.717) is 13.0 Å². The van der Waals surface area contributed by atoms with E-state index in [1.807, 2.05) is 13.2 Å². The molecule has 1 aromatic rings. The lowest BCUT2D eigenvalue weighted by atomic mass is 10.1. The van der Waals surface area contributed by atoms with Crippen LogP contribution in [0.15, 0.2) is 12.4 Å². The van der Waals surface area contributed by atoms with Crippen molar-refractivity contribution in [3.63, 3.8) is 0 Å². The maximum Gasteiger partial charge on any atom is 0.315 e. The third-order valence-electron chi connectivity index (χ3n) is 4.56. The zero-order valence-corrected chi connectivity index (χ0v) is 16.7. The van der Waals surface area contributed by atoms with Gasteiger partial charge >= 0.3 is 12.0 Å². The molecule has 2 amide bonds. The molecule has 0 aliphatic heterocycles. The van der Waals surface area contributed by atoms with E-state index in [9.17, 15) is 9.59 Å². The second-order valence-electron chi connectivity index (χ2n) is 7.16. The van der Waals surface area contributed by atoms with Gasteiger partial charge in [0.2, 0.25) is 0 Å². The molecule has 3 N–H and O–H groups in total. The van der Waals surface area contributed by atoms with Gasteiger partial charge in [-0.15, -0.1) is 0 Å². The van der Waals surface area contributed by atoms with Crippen LogP contribution in [-0.4, -0.2) is 33.4 Å². The first-order valence-electron chi connectivity index (χ1n) is 10.3. The number of hydrogen-bond acceptors (Lipinski definition) is 3. The molecule has 7 heteroatoms. The highest BCUT2D eigenvalue weighted by Crippen LogP contribution is 2.11. The number of carboxylic acids is 1. The largest absolute Gasteiger partial charge is 0.481 e. The molecule has 0 saturated carbocycles. The van der Waals surface area contributed by atoms with E-state index < -0.39 is 5.97 Å². The van der Waals surface area contributed by atoms with Crippen molar-refractivity contribution >= 4 is 12.0 Å². The minimum Gasteiger partial charge on any atom is -0.481 e. The van der Waals surface area contributed by atoms with Crippen molar-refractivity contribution in [1.29, 1.82) is 0 Å². The molecule has 0 atom stereocenters. The Balaban J connectivity index is 1.78. The van der Waals surface area contributed by atoms with Crippen LogP contribution in [0.4, 0.5) is 4.79 Å². The van der Waals surface area contributed by atoms with Gasteiger partial charge in [0.05, 0.1) is 6.20 Å². The summed E-state index contributed by atoms with van der Waals surface area (Å²) in [6.07, 6.45) is 16.6. The summed E-state index contributed by atoms with van der Waals surface area (Å²) in [7, 11) is 1.86. The average Bonchev–Trinajstić information content (AvgIpc) is 3.05. The van der Waals surface area contributed by atoms with E-state index in [-0.39, 0.29) is 6.03 Å². The zero-order valence-electron chi connectivity index (χ0n) is 16.7. The van der Waals surface area contributed by atoms with Gasteiger partial charge in [0.1, 0.15) is 0 Å². The Morgan fingerprint density at radius 3 is 2.00 bits per heavy atom. The first-order valence-corrected chi connectivity index (χ1v) is 10.3. The molecule has 7 nitrogen and oxygen atoms in total. The lowest BCUT2D eigenvalue weighted by Gasteiger charge is -2.06. The number of nitrogens with zero attached hydrogens (tertiary/aromatic N) is 2. The molecule has 0 aliphatic rings. The number of urea groups is 1. The standard InChI is InChI=1S/C20H36N4O3/c1-24-17-18(16-23-24)15-22-20(27)21-14-12-10-8-6-4-2-3-5-7-9-11-13-19(25)26/h16-17H,2-15H2,1H3,(H,25,26)(H2,21,22,27). The first kappa shape index (κ1) is 23.0. The Morgan fingerprint density at radius 2 is 1.48 bits per heavy atom. The fraction of sp³-hybridized carbons (Fsp3) is 0.750. The third-order valence-corrected chi connectivity index (χ3v) is 4.56. The number of hydrogen-bond donors (Lipinski definition) is 3. The molecule has 0 unspecified atom stereocenters. The van der Waals surface area contributed by atoms with Crippen molar-refractivity contribution in [1.82, 2.24) is 20.4 Å². The summed E-state index contributed by atoms with van der Waals surface area (Å²) >= 11 is 0. The molecule has 0 fully saturated rings. The number of nitrogens with one attached hydrogen (secondary N) is 2. The summed E-state index contributed by atoms with van der Waals surface area (Å²) in [6.45, 7) is 1.22. The normalized spacial score (nSPS) is 10.7. The van der Waals surface area contributed by atoms with Crippen LogP contribution in [0.2, 0.25) is 0 Å². The van der Waals surface area contributed by atoms with Gasteiger partial charge in [-0.25, -0.2) is 4.79 Å². The monoisotopic (exact) mass is 380 g/mol. The zero-order chi connectivity index (χ0) is 19.7. The van der Waals surface area contributed by atoms with E-state index >= 15 is 0 Å². The molecule has 1 heterocycles. The van der Waals surface area contributed by atoms with Gasteiger partial charge < -0.3 is 15.7 Å². The van der Waals surface area contributed by atoms with Crippen molar-refractivity contribution < 1.29 is 14.7 Å². The Bertz CT molecular complexity index is 531. The van der Waals surface area contributed by atoms with Crippen molar-refractivity contribution in [2.75, 3.05) is 6.54 Å². The molecule has 0 aromatic carbocycles. The molecule has 0 spiro atoms. The minimum atomic E-state index is -0.685. The van der Waals surface area contributed by atoms with E-state index in [1.54, 1.807) is 10.9 Å². The van der Waals surface area contributed by atoms with Crippen LogP contribution < -0.4 is 10.6 Å². The summed E-state index contributed by atoms with van der Waals surface area (Å²) < 4.78 is 1.72. The highest BCUT2D eigenvalue weighted by atomic mass is 16.4. The number of aromatic nitrogens is 2. The molecular formula is C20H36N4O3. The maximum atomic E-state index is 11.7. The van der Waals surface area contributed by atoms with Crippen LogP contribution >= 0.6 is 0 Å². The lowest BCUT2D eigenvalue weighted by Crippen LogP contribution is -2.35. The van der Waals surface area contributed by atoms with E-state index in [0.717, 1.165) is 44.2 Å². The SMILES string of the molecule is Cn1cc(CNC(=O)NCCCCCCCCCCCCCC(=O)O)cn1. The summed E-state index contributed by atoms with van der Waals surface area (Å²) in [6, 6.07) is -0.123. The summed E-state index contributed by atoms with van der Waals surface area (Å²) in [5.41, 5.74) is 0.993. The number of carbonyl (C=O) groups excluding carboxylic acids is 1. The van der Waals surface area contributed by atoms with Gasteiger partial charge in [0.15, 0.2) is 0 Å². The third kappa shape index (κ3) is 13.8. The minimum absolute atomic E-state index is 0.123. The predicted octanol–water partition coefficient (Wildman–Crippen LogP) is 3.99. The van der Waals surface area contributed by atoms with Gasteiger partial charge in [0.25, 0.3) is 0 Å². The van der Waals surface area contributed by atoms with Crippen LogP contribution in [0.1, 0.15) is 82.6 Å². The smallest absolute Gasteiger partial charge is 0.315 e. The molecule has 1 aromatic heterocycles. The molecule has 1 rings (SSSR count). The molecule has 0 bridgehead atoms. The molecule has 154 valence electrons. The molecular weight excluding hydrogens is 344 g/mol. The van der Waals surface area contributed by atoms with Gasteiger partial charge in [0, 0.05) is 38.3 Å². The number of carboxylic acid groups (broad SMARTS) is 1. The highest BCUT2D eigenvalue weighted by molar-refractivity contribution is 5.73. The number of rotatable bonds is 16. The van der Waals surface area contributed by atoms with Crippen LogP contribution in [0.3, 0.4) is 0 Å². The fourth-order valence-electron chi connectivity index (χ4n) is 3.00. The van der Waals surface area contributed by atoms with Gasteiger partial charge in [-0.3, -0.25) is 9.48 Å². The fourth-order valence-corrected chi connectivity index (χ4v) is 3.00. The average molecular weight is 381 g/mol. The second kappa shape index (κ2) is 15.1. The van der Waals surface area contributed by atoms with Crippen molar-refractivity contribution in [3.8, 4) is 0 Å². The quantitative estimate of drug-likeness (QED) is 0.378. The summed E-state index contributed by atoms with van der Waals surface area (Å²) in [5, 5.41) is 18.3. The Morgan fingerprint density at radius 1 is 0.926 bits per heavy atom. The number of aliphatic carboxylic acids is 1. The highest BCUT2D eigenvalue weighted by Gasteiger charge is 2.01. The molecule has 0 aliphatic carbocycles. The second-order valence-corrected chi connectivity index (χ2v) is 7.16. The lowest BCUT2D eigenvalue weighted by molar-refractivity contribution is -0.137. The Labute approximate surface area is 162 Å². The first-order chi connectivity index (χ1) is 13.1. The van der Waals surface area contributed by atoms with Crippen molar-refractivity contribution in [2.24, 2.45) is 7.05 Å². The maximum absolute atomic E-state index is 11.7. The molecule has 0 saturated heterocycles. The Kier molecular flexibility index (Phi) is 12.8. The van der Waals surface area contributed by atoms with E-state index in [4.69, 9.17) is 5.11 Å². The van der Waals surface area contributed by atoms with Crippen molar-refractivity contribution in [2.45, 2.75) is 83.6 Å². The predicted molar refractivity (Wildman–Crippen MR) is 106 cm³/mol. The molecule has 0 radical (unpaired) electrons. The van der Waals surface area contributed by atoms with Crippen molar-refractivity contribution in [3.05, 3.63) is 18.0 Å². The van der Waals surface area contributed by atoms with E-state index in [2.05, 4.69) is 15.7 Å². The number of aryl methyl sites for hydroxylation is 1. The number of unbranched alkanes of at least 4 members (excludes halogenated alkanes) is 10. The van der Waals surface area contributed by atoms with Crippen LogP contribution in [0, 0.1) is 0 Å².